The van der Waals surface area contributed by atoms with E-state index in [1.165, 1.54) is 19.3 Å². The molecule has 0 spiro atoms. The van der Waals surface area contributed by atoms with Crippen molar-refractivity contribution in [2.75, 3.05) is 18.4 Å². The molecule has 0 aliphatic carbocycles. The van der Waals surface area contributed by atoms with Crippen LogP contribution in [0.5, 0.6) is 23.0 Å². The minimum atomic E-state index is -4.19. The second-order valence-electron chi connectivity index (χ2n) is 8.67. The van der Waals surface area contributed by atoms with E-state index in [4.69, 9.17) is 14.2 Å². The summed E-state index contributed by atoms with van der Waals surface area (Å²) < 4.78 is 47.2. The van der Waals surface area contributed by atoms with Crippen LogP contribution in [0.3, 0.4) is 0 Å². The molecule has 0 saturated heterocycles. The van der Waals surface area contributed by atoms with Crippen molar-refractivity contribution in [3.8, 4) is 29.1 Å². The number of hydrogen-bond donors (Lipinski definition) is 1. The molecule has 0 bridgehead atoms. The molecule has 0 unspecified atom stereocenters. The number of benzene rings is 3. The normalized spacial score (nSPS) is 11.3. The van der Waals surface area contributed by atoms with E-state index in [0.29, 0.717) is 22.7 Å². The van der Waals surface area contributed by atoms with Gasteiger partial charge in [-0.2, -0.15) is 5.26 Å². The molecule has 0 saturated carbocycles. The van der Waals surface area contributed by atoms with Crippen molar-refractivity contribution >= 4 is 15.7 Å². The summed E-state index contributed by atoms with van der Waals surface area (Å²) in [5.74, 6) is 1.00. The summed E-state index contributed by atoms with van der Waals surface area (Å²) >= 11 is 0. The number of rotatable bonds is 9. The molecule has 0 aliphatic rings. The van der Waals surface area contributed by atoms with Gasteiger partial charge in [0.25, 0.3) is 10.0 Å². The van der Waals surface area contributed by atoms with Crippen LogP contribution in [0.25, 0.3) is 0 Å². The summed E-state index contributed by atoms with van der Waals surface area (Å²) in [6.45, 7) is 9.51. The second kappa shape index (κ2) is 10.5. The Morgan fingerprint density at radius 1 is 1.03 bits per heavy atom. The summed E-state index contributed by atoms with van der Waals surface area (Å²) in [5.41, 5.74) is 0.497. The quantitative estimate of drug-likeness (QED) is 0.367. The number of ether oxygens (including phenoxy) is 3. The van der Waals surface area contributed by atoms with E-state index >= 15 is 0 Å². The fourth-order valence-corrected chi connectivity index (χ4v) is 4.73. The lowest BCUT2D eigenvalue weighted by atomic mass is 9.83. The molecule has 35 heavy (non-hydrogen) atoms. The molecule has 182 valence electrons. The lowest BCUT2D eigenvalue weighted by molar-refractivity contribution is 0.324. The summed E-state index contributed by atoms with van der Waals surface area (Å²) in [7, 11) is -2.66. The fourth-order valence-electron chi connectivity index (χ4n) is 3.52. The molecule has 3 aromatic carbocycles. The molecule has 7 nitrogen and oxygen atoms in total. The summed E-state index contributed by atoms with van der Waals surface area (Å²) in [4.78, 5) is -0.229. The van der Waals surface area contributed by atoms with Gasteiger partial charge in [0, 0.05) is 17.3 Å². The van der Waals surface area contributed by atoms with Gasteiger partial charge in [-0.25, -0.2) is 8.42 Å². The smallest absolute Gasteiger partial charge is 0.265 e. The van der Waals surface area contributed by atoms with Crippen LogP contribution in [0.2, 0.25) is 0 Å². The lowest BCUT2D eigenvalue weighted by Crippen LogP contribution is -2.20. The van der Waals surface area contributed by atoms with Crippen molar-refractivity contribution in [3.63, 3.8) is 0 Å². The zero-order chi connectivity index (χ0) is 25.6. The summed E-state index contributed by atoms with van der Waals surface area (Å²) in [5, 5.41) is 9.96. The highest BCUT2D eigenvalue weighted by Crippen LogP contribution is 2.47. The first-order valence-electron chi connectivity index (χ1n) is 10.9. The Morgan fingerprint density at radius 2 is 1.71 bits per heavy atom. The highest BCUT2D eigenvalue weighted by molar-refractivity contribution is 7.92. The molecular weight excluding hydrogens is 464 g/mol. The Hall–Kier alpha value is -3.96. The van der Waals surface area contributed by atoms with E-state index in [1.54, 1.807) is 54.6 Å². The minimum absolute atomic E-state index is 0.0348. The van der Waals surface area contributed by atoms with Crippen molar-refractivity contribution in [3.05, 3.63) is 84.4 Å². The molecule has 0 amide bonds. The van der Waals surface area contributed by atoms with Crippen molar-refractivity contribution in [2.24, 2.45) is 0 Å². The highest BCUT2D eigenvalue weighted by atomic mass is 32.2. The topological polar surface area (TPSA) is 97.7 Å². The lowest BCUT2D eigenvalue weighted by Gasteiger charge is -2.27. The van der Waals surface area contributed by atoms with Gasteiger partial charge in [-0.1, -0.05) is 57.7 Å². The van der Waals surface area contributed by atoms with Crippen LogP contribution in [0.15, 0.2) is 78.2 Å². The fraction of sp³-hybridized carbons (Fsp3) is 0.222. The predicted molar refractivity (Wildman–Crippen MR) is 136 cm³/mol. The maximum absolute atomic E-state index is 13.6. The van der Waals surface area contributed by atoms with Gasteiger partial charge < -0.3 is 14.2 Å². The molecule has 0 radical (unpaired) electrons. The Morgan fingerprint density at radius 3 is 2.31 bits per heavy atom. The van der Waals surface area contributed by atoms with Crippen molar-refractivity contribution in [2.45, 2.75) is 31.1 Å². The molecule has 0 heterocycles. The molecule has 0 aliphatic heterocycles. The molecule has 1 N–H and O–H groups in total. The monoisotopic (exact) mass is 492 g/mol. The van der Waals surface area contributed by atoms with Crippen molar-refractivity contribution in [1.29, 1.82) is 5.26 Å². The van der Waals surface area contributed by atoms with Gasteiger partial charge in [0.05, 0.1) is 18.7 Å². The number of nitriles is 1. The number of para-hydroxylation sites is 1. The third-order valence-electron chi connectivity index (χ3n) is 4.99. The van der Waals surface area contributed by atoms with Crippen LogP contribution in [0.1, 0.15) is 31.9 Å². The average molecular weight is 493 g/mol. The Balaban J connectivity index is 2.33. The maximum atomic E-state index is 13.6. The Bertz CT molecular complexity index is 1350. The van der Waals surface area contributed by atoms with Crippen LogP contribution in [-0.2, 0) is 15.4 Å². The van der Waals surface area contributed by atoms with Crippen LogP contribution in [-0.4, -0.2) is 22.1 Å². The van der Waals surface area contributed by atoms with Gasteiger partial charge in [-0.3, -0.25) is 4.72 Å². The van der Waals surface area contributed by atoms with E-state index in [1.807, 2.05) is 20.8 Å². The van der Waals surface area contributed by atoms with Gasteiger partial charge in [0.2, 0.25) is 0 Å². The largest absolute Gasteiger partial charge is 0.497 e. The summed E-state index contributed by atoms with van der Waals surface area (Å²) in [6.07, 6.45) is 1.54. The molecule has 8 heteroatoms. The second-order valence-corrected chi connectivity index (χ2v) is 10.3. The third-order valence-corrected chi connectivity index (χ3v) is 6.38. The molecule has 0 atom stereocenters. The average Bonchev–Trinajstić information content (AvgIpc) is 2.82. The third kappa shape index (κ3) is 5.94. The highest BCUT2D eigenvalue weighted by Gasteiger charge is 2.33. The van der Waals surface area contributed by atoms with Gasteiger partial charge in [0.1, 0.15) is 23.0 Å². The van der Waals surface area contributed by atoms with E-state index in [0.717, 1.165) is 0 Å². The van der Waals surface area contributed by atoms with Gasteiger partial charge in [0.15, 0.2) is 11.5 Å². The van der Waals surface area contributed by atoms with E-state index in [9.17, 15) is 13.7 Å². The molecule has 3 rings (SSSR count). The molecule has 0 aromatic heterocycles. The van der Waals surface area contributed by atoms with E-state index in [2.05, 4.69) is 17.4 Å². The number of methoxy groups -OCH3 is 1. The Labute approximate surface area is 206 Å². The Kier molecular flexibility index (Phi) is 7.72. The SMILES string of the molecule is C=CCOc1c(Oc2cccc(OC)c2)c(S(=O)(=O)Nc2ccccc2)cc(C#N)c1C(C)(C)C. The van der Waals surface area contributed by atoms with Crippen molar-refractivity contribution in [1.82, 2.24) is 0 Å². The summed E-state index contributed by atoms with van der Waals surface area (Å²) in [6, 6.07) is 18.7. The van der Waals surface area contributed by atoms with Crippen LogP contribution >= 0.6 is 0 Å². The van der Waals surface area contributed by atoms with Crippen LogP contribution in [0.4, 0.5) is 5.69 Å². The van der Waals surface area contributed by atoms with Crippen LogP contribution < -0.4 is 18.9 Å². The van der Waals surface area contributed by atoms with Crippen LogP contribution in [0, 0.1) is 11.3 Å². The van der Waals surface area contributed by atoms with Gasteiger partial charge in [-0.15, -0.1) is 0 Å². The first-order chi connectivity index (χ1) is 16.6. The number of hydrogen-bond acceptors (Lipinski definition) is 6. The molecule has 0 fully saturated rings. The molecular formula is C27H28N2O5S. The van der Waals surface area contributed by atoms with Crippen molar-refractivity contribution < 1.29 is 22.6 Å². The number of nitrogens with one attached hydrogen (secondary N) is 1. The standard InChI is InChI=1S/C27H28N2O5S/c1-6-15-33-26-24(27(2,3)4)19(18-28)16-23(35(30,31)29-20-11-8-7-9-12-20)25(26)34-22-14-10-13-21(17-22)32-5/h6-14,16-17,29H,1,15H2,2-5H3. The number of nitrogens with zero attached hydrogens (tertiary/aromatic N) is 1. The van der Waals surface area contributed by atoms with Gasteiger partial charge in [-0.05, 0) is 35.7 Å². The zero-order valence-electron chi connectivity index (χ0n) is 20.2. The van der Waals surface area contributed by atoms with Gasteiger partial charge >= 0.3 is 0 Å². The zero-order valence-corrected chi connectivity index (χ0v) is 21.0. The minimum Gasteiger partial charge on any atom is -0.497 e. The number of sulfonamides is 1. The maximum Gasteiger partial charge on any atom is 0.265 e. The molecule has 3 aromatic rings. The number of anilines is 1. The first-order valence-corrected chi connectivity index (χ1v) is 12.3. The first kappa shape index (κ1) is 25.7. The van der Waals surface area contributed by atoms with E-state index in [-0.39, 0.29) is 28.6 Å². The predicted octanol–water partition coefficient (Wildman–Crippen LogP) is 6.02. The van der Waals surface area contributed by atoms with E-state index < -0.39 is 15.4 Å².